The van der Waals surface area contributed by atoms with E-state index in [2.05, 4.69) is 26.7 Å². The molecule has 3 heterocycles. The van der Waals surface area contributed by atoms with E-state index >= 15 is 0 Å². The van der Waals surface area contributed by atoms with Gasteiger partial charge in [-0.25, -0.2) is 9.97 Å². The van der Waals surface area contributed by atoms with Gasteiger partial charge in [-0.15, -0.1) is 0 Å². The summed E-state index contributed by atoms with van der Waals surface area (Å²) < 4.78 is 17.0. The molecule has 1 saturated heterocycles. The highest BCUT2D eigenvalue weighted by Gasteiger charge is 2.17. The summed E-state index contributed by atoms with van der Waals surface area (Å²) in [6.45, 7) is 2.83. The lowest BCUT2D eigenvalue weighted by Gasteiger charge is -2.23. The van der Waals surface area contributed by atoms with E-state index in [1.165, 1.54) is 5.56 Å². The highest BCUT2D eigenvalue weighted by molar-refractivity contribution is 7.07. The van der Waals surface area contributed by atoms with E-state index < -0.39 is 0 Å². The van der Waals surface area contributed by atoms with Crippen LogP contribution in [0.15, 0.2) is 35.0 Å². The zero-order valence-electron chi connectivity index (χ0n) is 14.0. The molecular formula is C18H18ClN3O3S. The van der Waals surface area contributed by atoms with Crippen molar-refractivity contribution in [2.45, 2.75) is 12.6 Å². The van der Waals surface area contributed by atoms with E-state index in [-0.39, 0.29) is 11.4 Å². The van der Waals surface area contributed by atoms with Gasteiger partial charge in [-0.05, 0) is 46.1 Å². The molecule has 8 heteroatoms. The van der Waals surface area contributed by atoms with Crippen molar-refractivity contribution in [3.63, 3.8) is 0 Å². The van der Waals surface area contributed by atoms with Crippen LogP contribution in [0.25, 0.3) is 10.9 Å². The first-order valence-electron chi connectivity index (χ1n) is 8.33. The van der Waals surface area contributed by atoms with E-state index in [0.717, 1.165) is 5.39 Å². The van der Waals surface area contributed by atoms with Gasteiger partial charge in [0.1, 0.15) is 29.8 Å². The monoisotopic (exact) mass is 391 g/mol. The Kier molecular flexibility index (Phi) is 5.50. The number of anilines is 1. The van der Waals surface area contributed by atoms with Crippen LogP contribution in [0.2, 0.25) is 5.28 Å². The van der Waals surface area contributed by atoms with Gasteiger partial charge in [0.2, 0.25) is 5.28 Å². The lowest BCUT2D eigenvalue weighted by atomic mass is 10.2. The molecule has 0 spiro atoms. The fourth-order valence-corrected chi connectivity index (χ4v) is 3.58. The third-order valence-corrected chi connectivity index (χ3v) is 4.91. The molecule has 3 aromatic rings. The largest absolute Gasteiger partial charge is 0.488 e. The van der Waals surface area contributed by atoms with Gasteiger partial charge in [0.05, 0.1) is 19.8 Å². The zero-order chi connectivity index (χ0) is 17.8. The molecule has 4 rings (SSSR count). The molecular weight excluding hydrogens is 374 g/mol. The first-order chi connectivity index (χ1) is 12.8. The fourth-order valence-electron chi connectivity index (χ4n) is 2.74. The van der Waals surface area contributed by atoms with Crippen LogP contribution in [-0.2, 0) is 16.0 Å². The third-order valence-electron chi connectivity index (χ3n) is 4.01. The van der Waals surface area contributed by atoms with Gasteiger partial charge in [0.15, 0.2) is 0 Å². The number of fused-ring (bicyclic) bond motifs is 1. The summed E-state index contributed by atoms with van der Waals surface area (Å²) in [4.78, 5) is 8.70. The summed E-state index contributed by atoms with van der Waals surface area (Å²) in [5.74, 6) is 1.34. The number of halogens is 1. The van der Waals surface area contributed by atoms with Crippen LogP contribution in [0.4, 0.5) is 5.82 Å². The Morgan fingerprint density at radius 2 is 2.23 bits per heavy atom. The number of hydrogen-bond donors (Lipinski definition) is 1. The quantitative estimate of drug-likeness (QED) is 0.645. The molecule has 1 unspecified atom stereocenters. The molecule has 0 saturated carbocycles. The topological polar surface area (TPSA) is 65.5 Å². The Bertz CT molecular complexity index is 869. The van der Waals surface area contributed by atoms with Crippen LogP contribution in [-0.4, -0.2) is 42.5 Å². The third kappa shape index (κ3) is 4.07. The molecule has 1 atom stereocenters. The molecule has 0 bridgehead atoms. The molecule has 1 aliphatic rings. The van der Waals surface area contributed by atoms with Crippen LogP contribution in [0, 0.1) is 0 Å². The van der Waals surface area contributed by atoms with E-state index in [1.54, 1.807) is 11.3 Å². The van der Waals surface area contributed by atoms with Gasteiger partial charge in [0.25, 0.3) is 0 Å². The van der Waals surface area contributed by atoms with Crippen LogP contribution in [0.3, 0.4) is 0 Å². The molecule has 0 amide bonds. The molecule has 1 aliphatic heterocycles. The maximum atomic E-state index is 6.14. The zero-order valence-corrected chi connectivity index (χ0v) is 15.6. The molecule has 1 aromatic carbocycles. The lowest BCUT2D eigenvalue weighted by molar-refractivity contribution is -0.101. The summed E-state index contributed by atoms with van der Waals surface area (Å²) in [5, 5.41) is 8.52. The number of ether oxygens (including phenoxy) is 3. The number of hydrogen-bond acceptors (Lipinski definition) is 7. The van der Waals surface area contributed by atoms with E-state index in [0.29, 0.717) is 50.1 Å². The summed E-state index contributed by atoms with van der Waals surface area (Å²) >= 11 is 7.81. The summed E-state index contributed by atoms with van der Waals surface area (Å²) in [7, 11) is 0. The molecule has 136 valence electrons. The number of aromatic nitrogens is 2. The number of benzene rings is 1. The highest BCUT2D eigenvalue weighted by Crippen LogP contribution is 2.30. The van der Waals surface area contributed by atoms with Gasteiger partial charge >= 0.3 is 0 Å². The van der Waals surface area contributed by atoms with Gasteiger partial charge in [-0.3, -0.25) is 0 Å². The van der Waals surface area contributed by atoms with Crippen molar-refractivity contribution >= 4 is 39.7 Å². The Balaban J connectivity index is 1.56. The average Bonchev–Trinajstić information content (AvgIpc) is 3.19. The molecule has 1 fully saturated rings. The van der Waals surface area contributed by atoms with Crippen molar-refractivity contribution in [3.05, 3.63) is 45.9 Å². The van der Waals surface area contributed by atoms with Crippen molar-refractivity contribution < 1.29 is 14.2 Å². The second kappa shape index (κ2) is 8.18. The number of thiophene rings is 1. The minimum absolute atomic E-state index is 0.0764. The van der Waals surface area contributed by atoms with Crippen molar-refractivity contribution in [3.8, 4) is 5.75 Å². The molecule has 26 heavy (non-hydrogen) atoms. The first-order valence-corrected chi connectivity index (χ1v) is 9.65. The van der Waals surface area contributed by atoms with Gasteiger partial charge in [-0.2, -0.15) is 11.3 Å². The number of nitrogens with zero attached hydrogens (tertiary/aromatic N) is 2. The number of rotatable bonds is 6. The van der Waals surface area contributed by atoms with Crippen molar-refractivity contribution in [2.24, 2.45) is 0 Å². The van der Waals surface area contributed by atoms with Gasteiger partial charge in [0, 0.05) is 11.9 Å². The lowest BCUT2D eigenvalue weighted by Crippen LogP contribution is -2.33. The second-order valence-electron chi connectivity index (χ2n) is 5.86. The van der Waals surface area contributed by atoms with Crippen LogP contribution in [0.1, 0.15) is 5.56 Å². The maximum absolute atomic E-state index is 6.14. The van der Waals surface area contributed by atoms with Crippen molar-refractivity contribution in [1.82, 2.24) is 9.97 Å². The van der Waals surface area contributed by atoms with Crippen LogP contribution >= 0.6 is 22.9 Å². The summed E-state index contributed by atoms with van der Waals surface area (Å²) in [6, 6.07) is 7.82. The highest BCUT2D eigenvalue weighted by atomic mass is 35.5. The maximum Gasteiger partial charge on any atom is 0.225 e. The minimum Gasteiger partial charge on any atom is -0.488 e. The SMILES string of the molecule is Clc1nc(NCc2ccsc2)c2cccc(OCC3COCCO3)c2n1. The van der Waals surface area contributed by atoms with E-state index in [4.69, 9.17) is 25.8 Å². The van der Waals surface area contributed by atoms with Crippen molar-refractivity contribution in [2.75, 3.05) is 31.7 Å². The molecule has 6 nitrogen and oxygen atoms in total. The van der Waals surface area contributed by atoms with Crippen LogP contribution < -0.4 is 10.1 Å². The van der Waals surface area contributed by atoms with Crippen LogP contribution in [0.5, 0.6) is 5.75 Å². The Labute approximate surface area is 160 Å². The van der Waals surface area contributed by atoms with E-state index in [1.807, 2.05) is 23.6 Å². The van der Waals surface area contributed by atoms with Gasteiger partial charge < -0.3 is 19.5 Å². The summed E-state index contributed by atoms with van der Waals surface area (Å²) in [5.41, 5.74) is 1.87. The fraction of sp³-hybridized carbons (Fsp3) is 0.333. The molecule has 0 aliphatic carbocycles. The molecule has 1 N–H and O–H groups in total. The Morgan fingerprint density at radius 3 is 3.04 bits per heavy atom. The smallest absolute Gasteiger partial charge is 0.225 e. The summed E-state index contributed by atoms with van der Waals surface area (Å²) in [6.07, 6.45) is -0.0764. The Hall–Kier alpha value is -1.93. The minimum atomic E-state index is -0.0764. The first kappa shape index (κ1) is 17.5. The van der Waals surface area contributed by atoms with Gasteiger partial charge in [-0.1, -0.05) is 6.07 Å². The molecule has 0 radical (unpaired) electrons. The normalized spacial score (nSPS) is 17.3. The Morgan fingerprint density at radius 1 is 1.27 bits per heavy atom. The standard InChI is InChI=1S/C18H18ClN3O3S/c19-18-21-16-14(17(22-18)20-8-12-4-7-26-11-12)2-1-3-15(16)25-10-13-9-23-5-6-24-13/h1-4,7,11,13H,5-6,8-10H2,(H,20,21,22). The number of nitrogens with one attached hydrogen (secondary N) is 1. The predicted molar refractivity (Wildman–Crippen MR) is 102 cm³/mol. The number of para-hydroxylation sites is 1. The molecule has 2 aromatic heterocycles. The average molecular weight is 392 g/mol. The van der Waals surface area contributed by atoms with E-state index in [9.17, 15) is 0 Å². The van der Waals surface area contributed by atoms with Crippen molar-refractivity contribution in [1.29, 1.82) is 0 Å². The second-order valence-corrected chi connectivity index (χ2v) is 6.98. The predicted octanol–water partition coefficient (Wildman–Crippen LogP) is 3.75.